The molecule has 2 aromatic heterocycles. The van der Waals surface area contributed by atoms with E-state index >= 15 is 0 Å². The normalized spacial score (nSPS) is 10.4. The predicted octanol–water partition coefficient (Wildman–Crippen LogP) is 3.96. The van der Waals surface area contributed by atoms with Crippen molar-refractivity contribution in [2.75, 3.05) is 11.9 Å². The van der Waals surface area contributed by atoms with Gasteiger partial charge in [-0.05, 0) is 58.2 Å². The summed E-state index contributed by atoms with van der Waals surface area (Å²) in [7, 11) is 0. The minimum Gasteiger partial charge on any atom is -0.369 e. The van der Waals surface area contributed by atoms with Crippen molar-refractivity contribution < 1.29 is 9.18 Å². The van der Waals surface area contributed by atoms with E-state index in [0.717, 1.165) is 11.3 Å². The number of pyridine rings is 2. The van der Waals surface area contributed by atoms with Crippen molar-refractivity contribution >= 4 is 27.7 Å². The zero-order chi connectivity index (χ0) is 19.1. The van der Waals surface area contributed by atoms with Gasteiger partial charge in [-0.25, -0.2) is 9.37 Å². The molecule has 7 heteroatoms. The molecular weight excluding hydrogens is 411 g/mol. The van der Waals surface area contributed by atoms with Gasteiger partial charge in [0.1, 0.15) is 11.6 Å². The average Bonchev–Trinajstić information content (AvgIpc) is 2.68. The summed E-state index contributed by atoms with van der Waals surface area (Å²) in [4.78, 5) is 21.1. The van der Waals surface area contributed by atoms with Crippen molar-refractivity contribution in [3.05, 3.63) is 88.0 Å². The molecule has 0 bridgehead atoms. The summed E-state index contributed by atoms with van der Waals surface area (Å²) in [5.74, 6) is -0.0281. The van der Waals surface area contributed by atoms with Gasteiger partial charge >= 0.3 is 0 Å². The lowest BCUT2D eigenvalue weighted by Crippen LogP contribution is -2.25. The minimum atomic E-state index is -0.260. The predicted molar refractivity (Wildman–Crippen MR) is 106 cm³/mol. The van der Waals surface area contributed by atoms with Gasteiger partial charge in [-0.15, -0.1) is 0 Å². The number of carbonyl (C=O) groups is 1. The number of carbonyl (C=O) groups excluding carboxylic acids is 1. The van der Waals surface area contributed by atoms with E-state index in [1.807, 2.05) is 24.3 Å². The van der Waals surface area contributed by atoms with Crippen LogP contribution < -0.4 is 10.6 Å². The van der Waals surface area contributed by atoms with Crippen molar-refractivity contribution in [2.24, 2.45) is 0 Å². The largest absolute Gasteiger partial charge is 0.369 e. The third-order valence-electron chi connectivity index (χ3n) is 3.85. The molecule has 1 amide bonds. The van der Waals surface area contributed by atoms with Crippen LogP contribution in [-0.4, -0.2) is 22.4 Å². The number of aromatic nitrogens is 2. The van der Waals surface area contributed by atoms with Crippen LogP contribution in [0.4, 0.5) is 10.2 Å². The lowest BCUT2D eigenvalue weighted by molar-refractivity contribution is 0.0951. The molecule has 0 aliphatic heterocycles. The second kappa shape index (κ2) is 9.23. The number of rotatable bonds is 7. The molecule has 138 valence electrons. The Morgan fingerprint density at radius 1 is 1.11 bits per heavy atom. The molecule has 0 spiro atoms. The van der Waals surface area contributed by atoms with Crippen molar-refractivity contribution in [3.8, 4) is 0 Å². The Morgan fingerprint density at radius 2 is 2.00 bits per heavy atom. The van der Waals surface area contributed by atoms with Gasteiger partial charge in [0.25, 0.3) is 5.91 Å². The lowest BCUT2D eigenvalue weighted by Gasteiger charge is -2.12. The van der Waals surface area contributed by atoms with Gasteiger partial charge in [0.05, 0.1) is 17.8 Å². The molecule has 0 unspecified atom stereocenters. The molecule has 0 aliphatic carbocycles. The third kappa shape index (κ3) is 5.59. The van der Waals surface area contributed by atoms with E-state index in [2.05, 4.69) is 36.5 Å². The van der Waals surface area contributed by atoms with E-state index in [4.69, 9.17) is 0 Å². The Morgan fingerprint density at radius 3 is 2.78 bits per heavy atom. The fraction of sp³-hybridized carbons (Fsp3) is 0.150. The molecule has 3 rings (SSSR count). The second-order valence-corrected chi connectivity index (χ2v) is 6.78. The van der Waals surface area contributed by atoms with Gasteiger partial charge < -0.3 is 10.6 Å². The molecule has 0 saturated carbocycles. The molecule has 0 radical (unpaired) electrons. The molecule has 2 N–H and O–H groups in total. The van der Waals surface area contributed by atoms with Crippen LogP contribution >= 0.6 is 15.9 Å². The van der Waals surface area contributed by atoms with E-state index in [0.29, 0.717) is 35.4 Å². The zero-order valence-corrected chi connectivity index (χ0v) is 16.0. The van der Waals surface area contributed by atoms with E-state index in [1.54, 1.807) is 24.5 Å². The Balaban J connectivity index is 1.64. The molecule has 0 atom stereocenters. The quantitative estimate of drug-likeness (QED) is 0.597. The van der Waals surface area contributed by atoms with Gasteiger partial charge in [0.2, 0.25) is 0 Å². The highest BCUT2D eigenvalue weighted by atomic mass is 79.9. The smallest absolute Gasteiger partial charge is 0.255 e. The Labute approximate surface area is 165 Å². The standard InChI is InChI=1S/C20H18BrFN4O/c21-15-11-18(20(27)26-13-17-6-1-2-8-23-17)19(25-12-15)24-9-7-14-4-3-5-16(22)10-14/h1-6,8,10-12H,7,9,13H2,(H,24,25)(H,26,27). The number of nitrogens with zero attached hydrogens (tertiary/aromatic N) is 2. The summed E-state index contributed by atoms with van der Waals surface area (Å²) in [5, 5.41) is 6.00. The molecule has 5 nitrogen and oxygen atoms in total. The highest BCUT2D eigenvalue weighted by Gasteiger charge is 2.13. The van der Waals surface area contributed by atoms with E-state index in [-0.39, 0.29) is 11.7 Å². The van der Waals surface area contributed by atoms with Crippen LogP contribution in [0, 0.1) is 5.82 Å². The summed E-state index contributed by atoms with van der Waals surface area (Å²) in [5.41, 5.74) is 2.08. The molecule has 1 aromatic carbocycles. The zero-order valence-electron chi connectivity index (χ0n) is 14.5. The van der Waals surface area contributed by atoms with Crippen LogP contribution in [-0.2, 0) is 13.0 Å². The Bertz CT molecular complexity index is 921. The first-order chi connectivity index (χ1) is 13.1. The monoisotopic (exact) mass is 428 g/mol. The van der Waals surface area contributed by atoms with E-state index in [1.165, 1.54) is 12.1 Å². The average molecular weight is 429 g/mol. The number of halogens is 2. The molecule has 3 aromatic rings. The van der Waals surface area contributed by atoms with Gasteiger partial charge in [-0.3, -0.25) is 9.78 Å². The van der Waals surface area contributed by atoms with Gasteiger partial charge in [0, 0.05) is 23.4 Å². The van der Waals surface area contributed by atoms with Crippen LogP contribution in [0.25, 0.3) is 0 Å². The lowest BCUT2D eigenvalue weighted by atomic mass is 10.1. The highest BCUT2D eigenvalue weighted by molar-refractivity contribution is 9.10. The van der Waals surface area contributed by atoms with Crippen LogP contribution in [0.5, 0.6) is 0 Å². The molecule has 2 heterocycles. The summed E-state index contributed by atoms with van der Waals surface area (Å²) >= 11 is 3.35. The van der Waals surface area contributed by atoms with Crippen LogP contribution in [0.2, 0.25) is 0 Å². The Kier molecular flexibility index (Phi) is 6.49. The van der Waals surface area contributed by atoms with Crippen molar-refractivity contribution in [1.82, 2.24) is 15.3 Å². The fourth-order valence-electron chi connectivity index (χ4n) is 2.54. The van der Waals surface area contributed by atoms with E-state index < -0.39 is 0 Å². The molecule has 27 heavy (non-hydrogen) atoms. The minimum absolute atomic E-state index is 0.247. The van der Waals surface area contributed by atoms with Crippen LogP contribution in [0.1, 0.15) is 21.6 Å². The van der Waals surface area contributed by atoms with Crippen LogP contribution in [0.3, 0.4) is 0 Å². The number of anilines is 1. The van der Waals surface area contributed by atoms with E-state index in [9.17, 15) is 9.18 Å². The van der Waals surface area contributed by atoms with Gasteiger partial charge in [0.15, 0.2) is 0 Å². The van der Waals surface area contributed by atoms with Gasteiger partial charge in [-0.2, -0.15) is 0 Å². The number of hydrogen-bond donors (Lipinski definition) is 2. The Hall–Kier alpha value is -2.80. The van der Waals surface area contributed by atoms with Crippen molar-refractivity contribution in [1.29, 1.82) is 0 Å². The first-order valence-corrected chi connectivity index (χ1v) is 9.23. The summed E-state index contributed by atoms with van der Waals surface area (Å²) in [6.45, 7) is 0.855. The summed E-state index contributed by atoms with van der Waals surface area (Å²) in [6.07, 6.45) is 3.92. The highest BCUT2D eigenvalue weighted by Crippen LogP contribution is 2.18. The SMILES string of the molecule is O=C(NCc1ccccn1)c1cc(Br)cnc1NCCc1cccc(F)c1. The maximum absolute atomic E-state index is 13.3. The summed E-state index contributed by atoms with van der Waals surface area (Å²) < 4.78 is 14.0. The molecule has 0 saturated heterocycles. The van der Waals surface area contributed by atoms with Gasteiger partial charge in [-0.1, -0.05) is 18.2 Å². The second-order valence-electron chi connectivity index (χ2n) is 5.86. The topological polar surface area (TPSA) is 66.9 Å². The fourth-order valence-corrected chi connectivity index (χ4v) is 2.87. The number of amides is 1. The van der Waals surface area contributed by atoms with Crippen molar-refractivity contribution in [2.45, 2.75) is 13.0 Å². The number of nitrogens with one attached hydrogen (secondary N) is 2. The number of benzene rings is 1. The first-order valence-electron chi connectivity index (χ1n) is 8.44. The molecule has 0 fully saturated rings. The molecular formula is C20H18BrFN4O. The van der Waals surface area contributed by atoms with Crippen LogP contribution in [0.15, 0.2) is 65.4 Å². The first kappa shape index (κ1) is 19.0. The summed E-state index contributed by atoms with van der Waals surface area (Å²) in [6, 6.07) is 13.7. The number of hydrogen-bond acceptors (Lipinski definition) is 4. The maximum Gasteiger partial charge on any atom is 0.255 e. The molecule has 0 aliphatic rings. The third-order valence-corrected chi connectivity index (χ3v) is 4.28. The van der Waals surface area contributed by atoms with Crippen molar-refractivity contribution in [3.63, 3.8) is 0 Å². The maximum atomic E-state index is 13.3.